The Labute approximate surface area is 321 Å². The Morgan fingerprint density at radius 3 is 1.73 bits per heavy atom. The quantitative estimate of drug-likeness (QED) is 0.173. The lowest BCUT2D eigenvalue weighted by Crippen LogP contribution is -2.16. The first-order chi connectivity index (χ1) is 27.0. The summed E-state index contributed by atoms with van der Waals surface area (Å²) in [5.74, 6) is 0. The van der Waals surface area contributed by atoms with Crippen molar-refractivity contribution in [1.82, 2.24) is 0 Å². The molecular weight excluding hydrogens is 669 g/mol. The Morgan fingerprint density at radius 1 is 0.455 bits per heavy atom. The number of fused-ring (bicyclic) bond motifs is 6. The summed E-state index contributed by atoms with van der Waals surface area (Å²) in [4.78, 5) is 2.29. The first kappa shape index (κ1) is 32.5. The fraction of sp³-hybridized carbons (Fsp3) is 0.0577. The first-order valence-corrected chi connectivity index (χ1v) is 18.7. The van der Waals surface area contributed by atoms with Crippen molar-refractivity contribution in [3.05, 3.63) is 199 Å². The van der Waals surface area contributed by atoms with Crippen LogP contribution in [0.2, 0.25) is 0 Å². The molecular formula is C52H36N2O. The number of nitrogens with zero attached hydrogens (tertiary/aromatic N) is 2. The number of rotatable bonds is 6. The third-order valence-corrected chi connectivity index (χ3v) is 11.3. The summed E-state index contributed by atoms with van der Waals surface area (Å²) in [5, 5.41) is 11.8. The van der Waals surface area contributed by atoms with E-state index in [-0.39, 0.29) is 5.41 Å². The zero-order chi connectivity index (χ0) is 37.1. The van der Waals surface area contributed by atoms with Crippen molar-refractivity contribution in [2.75, 3.05) is 4.90 Å². The fourth-order valence-electron chi connectivity index (χ4n) is 8.43. The molecule has 55 heavy (non-hydrogen) atoms. The van der Waals surface area contributed by atoms with E-state index in [1.165, 1.54) is 33.4 Å². The number of para-hydroxylation sites is 2. The van der Waals surface area contributed by atoms with Crippen molar-refractivity contribution < 1.29 is 4.42 Å². The van der Waals surface area contributed by atoms with Gasteiger partial charge < -0.3 is 9.32 Å². The highest BCUT2D eigenvalue weighted by Gasteiger charge is 2.36. The maximum Gasteiger partial charge on any atom is 0.143 e. The third kappa shape index (κ3) is 5.42. The summed E-state index contributed by atoms with van der Waals surface area (Å²) in [7, 11) is 0. The maximum absolute atomic E-state index is 9.57. The number of hydrogen-bond donors (Lipinski definition) is 0. The standard InChI is InChI=1S/C52H36N2O/c1-52(2)48-31-39(35-9-4-3-5-10-35)23-29-44(48)45-30-28-42(32-49(45)52)54(40-24-15-34(33-53)16-25-40)41-26-21-37(22-27-41)36-17-19-38(20-18-36)43-12-8-13-47-46-11-6-7-14-50(46)55-51(43)47/h3-32H,1-2H3. The van der Waals surface area contributed by atoms with Gasteiger partial charge in [0.1, 0.15) is 11.2 Å². The minimum atomic E-state index is -0.187. The van der Waals surface area contributed by atoms with Gasteiger partial charge in [0.05, 0.1) is 11.6 Å². The van der Waals surface area contributed by atoms with Gasteiger partial charge in [-0.05, 0) is 111 Å². The summed E-state index contributed by atoms with van der Waals surface area (Å²) in [6, 6.07) is 66.6. The van der Waals surface area contributed by atoms with Crippen LogP contribution in [0.25, 0.3) is 66.4 Å². The smallest absolute Gasteiger partial charge is 0.143 e. The first-order valence-electron chi connectivity index (χ1n) is 18.7. The molecule has 8 aromatic carbocycles. The second-order valence-corrected chi connectivity index (χ2v) is 14.9. The van der Waals surface area contributed by atoms with Crippen LogP contribution in [0.5, 0.6) is 0 Å². The molecule has 1 aromatic heterocycles. The average molecular weight is 705 g/mol. The Balaban J connectivity index is 0.995. The van der Waals surface area contributed by atoms with Crippen LogP contribution in [-0.2, 0) is 5.41 Å². The van der Waals surface area contributed by atoms with E-state index in [4.69, 9.17) is 4.42 Å². The van der Waals surface area contributed by atoms with Gasteiger partial charge in [0.15, 0.2) is 0 Å². The van der Waals surface area contributed by atoms with Crippen molar-refractivity contribution in [2.45, 2.75) is 19.3 Å². The molecule has 0 amide bonds. The highest BCUT2D eigenvalue weighted by Crippen LogP contribution is 2.51. The van der Waals surface area contributed by atoms with Gasteiger partial charge >= 0.3 is 0 Å². The average Bonchev–Trinajstić information content (AvgIpc) is 3.73. The fourth-order valence-corrected chi connectivity index (χ4v) is 8.43. The van der Waals surface area contributed by atoms with E-state index in [9.17, 15) is 5.26 Å². The van der Waals surface area contributed by atoms with Crippen LogP contribution >= 0.6 is 0 Å². The van der Waals surface area contributed by atoms with Crippen LogP contribution in [0, 0.1) is 11.3 Å². The molecule has 260 valence electrons. The Bertz CT molecular complexity index is 2930. The number of nitriles is 1. The van der Waals surface area contributed by atoms with Crippen LogP contribution in [0.3, 0.4) is 0 Å². The zero-order valence-corrected chi connectivity index (χ0v) is 30.6. The molecule has 0 radical (unpaired) electrons. The van der Waals surface area contributed by atoms with Crippen molar-refractivity contribution in [2.24, 2.45) is 0 Å². The van der Waals surface area contributed by atoms with Crippen LogP contribution < -0.4 is 4.90 Å². The summed E-state index contributed by atoms with van der Waals surface area (Å²) < 4.78 is 6.33. The molecule has 0 saturated heterocycles. The lowest BCUT2D eigenvalue weighted by atomic mass is 9.81. The molecule has 0 N–H and O–H groups in total. The molecule has 1 heterocycles. The van der Waals surface area contributed by atoms with E-state index < -0.39 is 0 Å². The second kappa shape index (κ2) is 12.8. The summed E-state index contributed by atoms with van der Waals surface area (Å²) in [6.45, 7) is 4.67. The van der Waals surface area contributed by atoms with Crippen LogP contribution in [0.15, 0.2) is 186 Å². The number of anilines is 3. The number of furan rings is 1. The summed E-state index contributed by atoms with van der Waals surface area (Å²) in [6.07, 6.45) is 0. The summed E-state index contributed by atoms with van der Waals surface area (Å²) in [5.41, 5.74) is 17.5. The van der Waals surface area contributed by atoms with Gasteiger partial charge in [0.25, 0.3) is 0 Å². The lowest BCUT2D eigenvalue weighted by molar-refractivity contribution is 0.660. The molecule has 0 saturated carbocycles. The normalized spacial score (nSPS) is 12.7. The molecule has 0 spiro atoms. The van der Waals surface area contributed by atoms with E-state index >= 15 is 0 Å². The van der Waals surface area contributed by atoms with Crippen LogP contribution in [0.1, 0.15) is 30.5 Å². The van der Waals surface area contributed by atoms with Gasteiger partial charge in [0, 0.05) is 38.8 Å². The van der Waals surface area contributed by atoms with E-state index in [1.54, 1.807) is 0 Å². The Hall–Kier alpha value is -7.15. The predicted molar refractivity (Wildman–Crippen MR) is 227 cm³/mol. The SMILES string of the molecule is CC1(C)c2cc(-c3ccccc3)ccc2-c2ccc(N(c3ccc(C#N)cc3)c3ccc(-c4ccc(-c5cccc6c5oc5ccccc56)cc4)cc3)cc21. The maximum atomic E-state index is 9.57. The van der Waals surface area contributed by atoms with E-state index in [0.29, 0.717) is 5.56 Å². The molecule has 0 unspecified atom stereocenters. The van der Waals surface area contributed by atoms with Crippen molar-refractivity contribution in [1.29, 1.82) is 5.26 Å². The molecule has 0 atom stereocenters. The molecule has 1 aliphatic carbocycles. The molecule has 3 nitrogen and oxygen atoms in total. The highest BCUT2D eigenvalue weighted by molar-refractivity contribution is 6.09. The van der Waals surface area contributed by atoms with Crippen LogP contribution in [-0.4, -0.2) is 0 Å². The topological polar surface area (TPSA) is 40.2 Å². The monoisotopic (exact) mass is 704 g/mol. The highest BCUT2D eigenvalue weighted by atomic mass is 16.3. The van der Waals surface area contributed by atoms with Crippen molar-refractivity contribution >= 4 is 39.0 Å². The number of benzene rings is 8. The van der Waals surface area contributed by atoms with Gasteiger partial charge in [-0.15, -0.1) is 0 Å². The van der Waals surface area contributed by atoms with Gasteiger partial charge in [-0.25, -0.2) is 0 Å². The van der Waals surface area contributed by atoms with E-state index in [1.807, 2.05) is 36.4 Å². The van der Waals surface area contributed by atoms with Crippen molar-refractivity contribution in [3.8, 4) is 50.6 Å². The van der Waals surface area contributed by atoms with Crippen LogP contribution in [0.4, 0.5) is 17.1 Å². The third-order valence-electron chi connectivity index (χ3n) is 11.3. The molecule has 1 aliphatic rings. The van der Waals surface area contributed by atoms with Gasteiger partial charge in [0.2, 0.25) is 0 Å². The second-order valence-electron chi connectivity index (χ2n) is 14.9. The van der Waals surface area contributed by atoms with E-state index in [2.05, 4.69) is 170 Å². The van der Waals surface area contributed by atoms with Gasteiger partial charge in [-0.2, -0.15) is 5.26 Å². The van der Waals surface area contributed by atoms with E-state index in [0.717, 1.165) is 61.3 Å². The predicted octanol–water partition coefficient (Wildman–Crippen LogP) is 14.2. The molecule has 0 bridgehead atoms. The summed E-state index contributed by atoms with van der Waals surface area (Å²) >= 11 is 0. The molecule has 10 rings (SSSR count). The Morgan fingerprint density at radius 2 is 1.00 bits per heavy atom. The molecule has 3 heteroatoms. The minimum Gasteiger partial charge on any atom is -0.455 e. The van der Waals surface area contributed by atoms with Crippen molar-refractivity contribution in [3.63, 3.8) is 0 Å². The zero-order valence-electron chi connectivity index (χ0n) is 30.6. The molecule has 0 aliphatic heterocycles. The largest absolute Gasteiger partial charge is 0.455 e. The number of hydrogen-bond acceptors (Lipinski definition) is 3. The van der Waals surface area contributed by atoms with Gasteiger partial charge in [-0.3, -0.25) is 0 Å². The molecule has 9 aromatic rings. The molecule has 0 fully saturated rings. The lowest BCUT2D eigenvalue weighted by Gasteiger charge is -2.28. The minimum absolute atomic E-state index is 0.187. The van der Waals surface area contributed by atoms with Gasteiger partial charge in [-0.1, -0.05) is 135 Å². The Kier molecular flexibility index (Phi) is 7.54.